The van der Waals surface area contributed by atoms with Gasteiger partial charge in [-0.15, -0.1) is 0 Å². The molecule has 104 valence electrons. The summed E-state index contributed by atoms with van der Waals surface area (Å²) in [7, 11) is 1.71. The molecule has 0 saturated heterocycles. The van der Waals surface area contributed by atoms with E-state index in [0.717, 1.165) is 10.2 Å². The van der Waals surface area contributed by atoms with Gasteiger partial charge in [0.05, 0.1) is 13.0 Å². The largest absolute Gasteiger partial charge is 0.493 e. The molecule has 2 aromatic rings. The molecular formula is C15H15BrN2O2. The van der Waals surface area contributed by atoms with E-state index in [1.165, 1.54) is 4.90 Å². The lowest BCUT2D eigenvalue weighted by atomic mass is 10.3. The second kappa shape index (κ2) is 7.05. The van der Waals surface area contributed by atoms with E-state index in [-0.39, 0.29) is 5.91 Å². The van der Waals surface area contributed by atoms with E-state index < -0.39 is 0 Å². The molecular weight excluding hydrogens is 320 g/mol. The van der Waals surface area contributed by atoms with Gasteiger partial charge < -0.3 is 4.74 Å². The molecule has 0 bridgehead atoms. The van der Waals surface area contributed by atoms with Crippen molar-refractivity contribution >= 4 is 27.7 Å². The van der Waals surface area contributed by atoms with Crippen LogP contribution in [0.4, 0.5) is 5.82 Å². The number of benzene rings is 1. The highest BCUT2D eigenvalue weighted by atomic mass is 79.9. The molecule has 1 heterocycles. The highest BCUT2D eigenvalue weighted by Crippen LogP contribution is 2.14. The van der Waals surface area contributed by atoms with Crippen molar-refractivity contribution in [1.82, 2.24) is 4.98 Å². The Hall–Kier alpha value is -1.88. The number of carbonyl (C=O) groups is 1. The van der Waals surface area contributed by atoms with Gasteiger partial charge in [-0.05, 0) is 40.2 Å². The fraction of sp³-hybridized carbons (Fsp3) is 0.200. The third-order valence-electron chi connectivity index (χ3n) is 2.76. The van der Waals surface area contributed by atoms with Crippen LogP contribution < -0.4 is 9.64 Å². The number of halogens is 1. The highest BCUT2D eigenvalue weighted by Gasteiger charge is 2.11. The molecule has 0 N–H and O–H groups in total. The van der Waals surface area contributed by atoms with Crippen molar-refractivity contribution < 1.29 is 9.53 Å². The molecule has 0 radical (unpaired) electrons. The number of pyridine rings is 1. The third-order valence-corrected chi connectivity index (χ3v) is 3.23. The first-order valence-corrected chi connectivity index (χ1v) is 7.02. The number of anilines is 1. The van der Waals surface area contributed by atoms with Crippen molar-refractivity contribution in [2.45, 2.75) is 6.42 Å². The topological polar surface area (TPSA) is 42.4 Å². The van der Waals surface area contributed by atoms with Crippen LogP contribution in [0.2, 0.25) is 0 Å². The van der Waals surface area contributed by atoms with Crippen LogP contribution in [0.1, 0.15) is 6.42 Å². The predicted octanol–water partition coefficient (Wildman–Crippen LogP) is 3.28. The molecule has 0 aliphatic rings. The van der Waals surface area contributed by atoms with Crippen LogP contribution in [0.5, 0.6) is 5.75 Å². The Morgan fingerprint density at radius 3 is 2.65 bits per heavy atom. The number of ether oxygens (including phenoxy) is 1. The molecule has 0 fully saturated rings. The van der Waals surface area contributed by atoms with E-state index in [9.17, 15) is 4.79 Å². The number of hydrogen-bond donors (Lipinski definition) is 0. The van der Waals surface area contributed by atoms with E-state index >= 15 is 0 Å². The monoisotopic (exact) mass is 334 g/mol. The van der Waals surface area contributed by atoms with Crippen LogP contribution >= 0.6 is 15.9 Å². The Kier molecular flexibility index (Phi) is 5.12. The van der Waals surface area contributed by atoms with Gasteiger partial charge in [0.1, 0.15) is 11.6 Å². The van der Waals surface area contributed by atoms with Crippen LogP contribution in [0.25, 0.3) is 0 Å². The molecule has 1 aromatic heterocycles. The first-order chi connectivity index (χ1) is 9.66. The zero-order chi connectivity index (χ0) is 14.4. The molecule has 1 amide bonds. The molecule has 0 spiro atoms. The molecule has 0 aliphatic heterocycles. The Balaban J connectivity index is 1.84. The first kappa shape index (κ1) is 14.5. The average molecular weight is 335 g/mol. The second-order valence-corrected chi connectivity index (χ2v) is 5.11. The summed E-state index contributed by atoms with van der Waals surface area (Å²) < 4.78 is 6.39. The zero-order valence-corrected chi connectivity index (χ0v) is 12.7. The fourth-order valence-corrected chi connectivity index (χ4v) is 1.87. The molecule has 0 unspecified atom stereocenters. The first-order valence-electron chi connectivity index (χ1n) is 6.23. The van der Waals surface area contributed by atoms with Crippen molar-refractivity contribution in [2.75, 3.05) is 18.6 Å². The Labute approximate surface area is 126 Å². The molecule has 0 aliphatic carbocycles. The summed E-state index contributed by atoms with van der Waals surface area (Å²) in [6.45, 7) is 0.351. The molecule has 0 saturated carbocycles. The summed E-state index contributed by atoms with van der Waals surface area (Å²) in [6, 6.07) is 13.1. The molecule has 0 atom stereocenters. The Morgan fingerprint density at radius 2 is 2.00 bits per heavy atom. The van der Waals surface area contributed by atoms with E-state index in [1.807, 2.05) is 36.4 Å². The number of rotatable bonds is 5. The van der Waals surface area contributed by atoms with Crippen molar-refractivity contribution in [3.8, 4) is 5.75 Å². The van der Waals surface area contributed by atoms with Crippen LogP contribution in [-0.2, 0) is 4.79 Å². The zero-order valence-electron chi connectivity index (χ0n) is 11.1. The second-order valence-electron chi connectivity index (χ2n) is 4.20. The number of para-hydroxylation sites is 1. The summed E-state index contributed by atoms with van der Waals surface area (Å²) >= 11 is 3.31. The summed E-state index contributed by atoms with van der Waals surface area (Å²) in [5.41, 5.74) is 0. The SMILES string of the molecule is CN(C(=O)CCOc1ccccc1)c1ccc(Br)cn1. The lowest BCUT2D eigenvalue weighted by molar-refractivity contribution is -0.118. The Bertz CT molecular complexity index is 558. The lowest BCUT2D eigenvalue weighted by Gasteiger charge is -2.16. The molecule has 4 nitrogen and oxygen atoms in total. The normalized spacial score (nSPS) is 10.1. The summed E-state index contributed by atoms with van der Waals surface area (Å²) in [5, 5.41) is 0. The van der Waals surface area contributed by atoms with Gasteiger partial charge in [0, 0.05) is 17.7 Å². The predicted molar refractivity (Wildman–Crippen MR) is 81.9 cm³/mol. The van der Waals surface area contributed by atoms with Gasteiger partial charge in [-0.1, -0.05) is 18.2 Å². The number of carbonyl (C=O) groups excluding carboxylic acids is 1. The van der Waals surface area contributed by atoms with Crippen molar-refractivity contribution in [1.29, 1.82) is 0 Å². The summed E-state index contributed by atoms with van der Waals surface area (Å²) in [4.78, 5) is 17.7. The van der Waals surface area contributed by atoms with Gasteiger partial charge in [-0.25, -0.2) is 4.98 Å². The maximum atomic E-state index is 12.0. The van der Waals surface area contributed by atoms with Crippen molar-refractivity contribution in [3.05, 3.63) is 53.1 Å². The number of amides is 1. The molecule has 5 heteroatoms. The highest BCUT2D eigenvalue weighted by molar-refractivity contribution is 9.10. The van der Waals surface area contributed by atoms with E-state index in [1.54, 1.807) is 19.3 Å². The van der Waals surface area contributed by atoms with E-state index in [0.29, 0.717) is 18.8 Å². The minimum absolute atomic E-state index is 0.0317. The van der Waals surface area contributed by atoms with Crippen LogP contribution in [-0.4, -0.2) is 24.5 Å². The van der Waals surface area contributed by atoms with Crippen LogP contribution in [0.3, 0.4) is 0 Å². The van der Waals surface area contributed by atoms with E-state index in [2.05, 4.69) is 20.9 Å². The number of aromatic nitrogens is 1. The van der Waals surface area contributed by atoms with Gasteiger partial charge in [0.25, 0.3) is 0 Å². The van der Waals surface area contributed by atoms with Gasteiger partial charge >= 0.3 is 0 Å². The van der Waals surface area contributed by atoms with Gasteiger partial charge in [-0.3, -0.25) is 9.69 Å². The van der Waals surface area contributed by atoms with Crippen LogP contribution in [0.15, 0.2) is 53.1 Å². The lowest BCUT2D eigenvalue weighted by Crippen LogP contribution is -2.28. The average Bonchev–Trinajstić information content (AvgIpc) is 2.48. The van der Waals surface area contributed by atoms with Gasteiger partial charge in [0.15, 0.2) is 0 Å². The number of nitrogens with zero attached hydrogens (tertiary/aromatic N) is 2. The van der Waals surface area contributed by atoms with Crippen molar-refractivity contribution in [3.63, 3.8) is 0 Å². The maximum absolute atomic E-state index is 12.0. The maximum Gasteiger partial charge on any atom is 0.231 e. The summed E-state index contributed by atoms with van der Waals surface area (Å²) in [5.74, 6) is 1.36. The van der Waals surface area contributed by atoms with Gasteiger partial charge in [-0.2, -0.15) is 0 Å². The van der Waals surface area contributed by atoms with Gasteiger partial charge in [0.2, 0.25) is 5.91 Å². The minimum atomic E-state index is -0.0317. The van der Waals surface area contributed by atoms with Crippen LogP contribution in [0, 0.1) is 0 Å². The fourth-order valence-electron chi connectivity index (χ4n) is 1.63. The van der Waals surface area contributed by atoms with Crippen molar-refractivity contribution in [2.24, 2.45) is 0 Å². The molecule has 2 rings (SSSR count). The standard InChI is InChI=1S/C15H15BrN2O2/c1-18(14-8-7-12(16)11-17-14)15(19)9-10-20-13-5-3-2-4-6-13/h2-8,11H,9-10H2,1H3. The number of hydrogen-bond acceptors (Lipinski definition) is 3. The third kappa shape index (κ3) is 4.06. The quantitative estimate of drug-likeness (QED) is 0.842. The summed E-state index contributed by atoms with van der Waals surface area (Å²) in [6.07, 6.45) is 1.97. The molecule has 1 aromatic carbocycles. The van der Waals surface area contributed by atoms with E-state index in [4.69, 9.17) is 4.74 Å². The smallest absolute Gasteiger partial charge is 0.231 e. The Morgan fingerprint density at radius 1 is 1.25 bits per heavy atom. The minimum Gasteiger partial charge on any atom is -0.493 e. The molecule has 20 heavy (non-hydrogen) atoms.